The zero-order valence-electron chi connectivity index (χ0n) is 20.0. The summed E-state index contributed by atoms with van der Waals surface area (Å²) in [6, 6.07) is 21.3. The van der Waals surface area contributed by atoms with Crippen LogP contribution in [0.1, 0.15) is 34.5 Å². The fourth-order valence-electron chi connectivity index (χ4n) is 4.97. The molecule has 0 spiro atoms. The van der Waals surface area contributed by atoms with Crippen LogP contribution in [-0.2, 0) is 22.4 Å². The first-order valence-electron chi connectivity index (χ1n) is 12.1. The van der Waals surface area contributed by atoms with Gasteiger partial charge in [-0.25, -0.2) is 4.39 Å². The molecule has 0 aliphatic carbocycles. The maximum absolute atomic E-state index is 14.0. The highest BCUT2D eigenvalue weighted by Crippen LogP contribution is 2.34. The number of para-hydroxylation sites is 1. The minimum absolute atomic E-state index is 0.201. The van der Waals surface area contributed by atoms with Gasteiger partial charge in [0, 0.05) is 16.6 Å². The van der Waals surface area contributed by atoms with E-state index in [1.807, 2.05) is 48.5 Å². The fourth-order valence-corrected chi connectivity index (χ4v) is 4.97. The topological polar surface area (TPSA) is 102 Å². The lowest BCUT2D eigenvalue weighted by atomic mass is 10.0. The summed E-state index contributed by atoms with van der Waals surface area (Å²) in [5.41, 5.74) is 3.39. The molecule has 37 heavy (non-hydrogen) atoms. The van der Waals surface area contributed by atoms with Gasteiger partial charge in [-0.2, -0.15) is 0 Å². The number of carboxylic acid groups (broad SMARTS) is 1. The Morgan fingerprint density at radius 3 is 2.57 bits per heavy atom. The molecule has 5 rings (SSSR count). The number of aliphatic carboxylic acids is 1. The summed E-state index contributed by atoms with van der Waals surface area (Å²) in [5.74, 6) is -2.26. The average Bonchev–Trinajstić information content (AvgIpc) is 3.47. The molecule has 0 saturated carbocycles. The molecule has 2 heterocycles. The van der Waals surface area contributed by atoms with Crippen molar-refractivity contribution < 1.29 is 23.9 Å². The highest BCUT2D eigenvalue weighted by molar-refractivity contribution is 6.05. The normalized spacial score (nSPS) is 15.4. The molecule has 0 unspecified atom stereocenters. The number of nitrogens with zero attached hydrogens (tertiary/aromatic N) is 1. The van der Waals surface area contributed by atoms with Gasteiger partial charge in [-0.15, -0.1) is 0 Å². The van der Waals surface area contributed by atoms with Gasteiger partial charge < -0.3 is 20.3 Å². The Kier molecular flexibility index (Phi) is 6.72. The molecule has 7 nitrogen and oxygen atoms in total. The molecular formula is C29H26FN3O4. The molecule has 3 N–H and O–H groups in total. The Morgan fingerprint density at radius 2 is 1.78 bits per heavy atom. The number of carbonyl (C=O) groups excluding carboxylic acids is 2. The second-order valence-electron chi connectivity index (χ2n) is 9.26. The molecule has 0 saturated heterocycles. The molecular weight excluding hydrogens is 473 g/mol. The molecule has 4 aromatic rings. The van der Waals surface area contributed by atoms with Gasteiger partial charge in [-0.3, -0.25) is 14.4 Å². The third-order valence-electron chi connectivity index (χ3n) is 6.71. The predicted molar refractivity (Wildman–Crippen MR) is 138 cm³/mol. The van der Waals surface area contributed by atoms with Gasteiger partial charge in [0.2, 0.25) is 5.91 Å². The monoisotopic (exact) mass is 499 g/mol. The van der Waals surface area contributed by atoms with Crippen molar-refractivity contribution in [2.75, 3.05) is 4.90 Å². The van der Waals surface area contributed by atoms with Crippen LogP contribution in [-0.4, -0.2) is 40.0 Å². The number of aryl methyl sites for hydroxylation is 1. The number of carbonyl (C=O) groups is 3. The van der Waals surface area contributed by atoms with Gasteiger partial charge in [0.1, 0.15) is 17.6 Å². The standard InChI is InChI=1S/C29H26FN3O4/c30-21-11-13-23-20(14-21)16-25(31-23)28(36)32-24(12-10-18-6-2-1-3-7-18)29(37)33-22(17-27(34)35)15-19-8-4-5-9-26(19)33/h1-9,11,13-14,16,22,24,31H,10,12,15,17H2,(H,32,36)(H,34,35)/t22-,24+/m1/s1. The number of benzene rings is 3. The van der Waals surface area contributed by atoms with E-state index in [-0.39, 0.29) is 18.0 Å². The van der Waals surface area contributed by atoms with Crippen molar-refractivity contribution in [3.63, 3.8) is 0 Å². The van der Waals surface area contributed by atoms with Gasteiger partial charge >= 0.3 is 5.97 Å². The highest BCUT2D eigenvalue weighted by atomic mass is 19.1. The van der Waals surface area contributed by atoms with E-state index in [1.54, 1.807) is 18.2 Å². The van der Waals surface area contributed by atoms with Gasteiger partial charge in [0.05, 0.1) is 12.5 Å². The molecule has 2 amide bonds. The predicted octanol–water partition coefficient (Wildman–Crippen LogP) is 4.47. The van der Waals surface area contributed by atoms with Crippen LogP contribution in [0.15, 0.2) is 78.9 Å². The van der Waals surface area contributed by atoms with E-state index in [4.69, 9.17) is 0 Å². The van der Waals surface area contributed by atoms with Crippen molar-refractivity contribution in [3.8, 4) is 0 Å². The summed E-state index contributed by atoms with van der Waals surface area (Å²) in [5, 5.41) is 12.9. The zero-order chi connectivity index (χ0) is 25.9. The Bertz CT molecular complexity index is 1470. The third-order valence-corrected chi connectivity index (χ3v) is 6.71. The molecule has 0 bridgehead atoms. The first kappa shape index (κ1) is 24.2. The number of amides is 2. The number of nitrogens with one attached hydrogen (secondary N) is 2. The Hall–Kier alpha value is -4.46. The quantitative estimate of drug-likeness (QED) is 0.333. The second-order valence-corrected chi connectivity index (χ2v) is 9.26. The number of hydrogen-bond acceptors (Lipinski definition) is 3. The summed E-state index contributed by atoms with van der Waals surface area (Å²) in [7, 11) is 0. The molecule has 188 valence electrons. The lowest BCUT2D eigenvalue weighted by Gasteiger charge is -2.29. The van der Waals surface area contributed by atoms with Crippen molar-refractivity contribution in [1.29, 1.82) is 0 Å². The minimum Gasteiger partial charge on any atom is -0.481 e. The molecule has 3 aromatic carbocycles. The van der Waals surface area contributed by atoms with Crippen LogP contribution in [0.2, 0.25) is 0 Å². The second kappa shape index (κ2) is 10.3. The summed E-state index contributed by atoms with van der Waals surface area (Å²) in [6.45, 7) is 0. The first-order chi connectivity index (χ1) is 17.9. The molecule has 1 aromatic heterocycles. The molecule has 8 heteroatoms. The Balaban J connectivity index is 1.44. The van der Waals surface area contributed by atoms with E-state index in [0.29, 0.717) is 35.9 Å². The van der Waals surface area contributed by atoms with Crippen molar-refractivity contribution in [3.05, 3.63) is 102 Å². The maximum atomic E-state index is 14.0. The van der Waals surface area contributed by atoms with Crippen LogP contribution < -0.4 is 10.2 Å². The third kappa shape index (κ3) is 5.23. The van der Waals surface area contributed by atoms with E-state index in [1.165, 1.54) is 17.0 Å². The number of hydrogen-bond donors (Lipinski definition) is 3. The smallest absolute Gasteiger partial charge is 0.305 e. The van der Waals surface area contributed by atoms with Crippen LogP contribution in [0.4, 0.5) is 10.1 Å². The van der Waals surface area contributed by atoms with Crippen molar-refractivity contribution in [1.82, 2.24) is 10.3 Å². The average molecular weight is 500 g/mol. The largest absolute Gasteiger partial charge is 0.481 e. The van der Waals surface area contributed by atoms with E-state index < -0.39 is 29.8 Å². The lowest BCUT2D eigenvalue weighted by molar-refractivity contribution is -0.137. The Morgan fingerprint density at radius 1 is 1.03 bits per heavy atom. The van der Waals surface area contributed by atoms with Crippen LogP contribution in [0.3, 0.4) is 0 Å². The number of aromatic nitrogens is 1. The van der Waals surface area contributed by atoms with Gasteiger partial charge in [0.15, 0.2) is 0 Å². The van der Waals surface area contributed by atoms with E-state index in [0.717, 1.165) is 11.1 Å². The van der Waals surface area contributed by atoms with Crippen molar-refractivity contribution in [2.45, 2.75) is 37.8 Å². The summed E-state index contributed by atoms with van der Waals surface area (Å²) in [6.07, 6.45) is 1.09. The van der Waals surface area contributed by atoms with E-state index in [2.05, 4.69) is 10.3 Å². The zero-order valence-corrected chi connectivity index (χ0v) is 20.0. The number of anilines is 1. The van der Waals surface area contributed by atoms with Crippen LogP contribution in [0.25, 0.3) is 10.9 Å². The number of halogens is 1. The fraction of sp³-hybridized carbons (Fsp3) is 0.207. The molecule has 0 radical (unpaired) electrons. The maximum Gasteiger partial charge on any atom is 0.305 e. The van der Waals surface area contributed by atoms with Crippen LogP contribution >= 0.6 is 0 Å². The first-order valence-corrected chi connectivity index (χ1v) is 12.1. The summed E-state index contributed by atoms with van der Waals surface area (Å²) in [4.78, 5) is 43.3. The number of fused-ring (bicyclic) bond motifs is 2. The lowest BCUT2D eigenvalue weighted by Crippen LogP contribution is -2.51. The minimum atomic E-state index is -0.995. The van der Waals surface area contributed by atoms with Crippen LogP contribution in [0.5, 0.6) is 0 Å². The number of aromatic amines is 1. The number of H-pyrrole nitrogens is 1. The molecule has 1 aliphatic rings. The molecule has 0 fully saturated rings. The number of rotatable bonds is 8. The summed E-state index contributed by atoms with van der Waals surface area (Å²) >= 11 is 0. The van der Waals surface area contributed by atoms with Crippen LogP contribution in [0, 0.1) is 5.82 Å². The SMILES string of the molecule is O=C(O)C[C@H]1Cc2ccccc2N1C(=O)[C@H](CCc1ccccc1)NC(=O)c1cc2cc(F)ccc2[nH]1. The Labute approximate surface area is 212 Å². The van der Waals surface area contributed by atoms with E-state index in [9.17, 15) is 23.9 Å². The summed E-state index contributed by atoms with van der Waals surface area (Å²) < 4.78 is 13.6. The highest BCUT2D eigenvalue weighted by Gasteiger charge is 2.38. The van der Waals surface area contributed by atoms with Gasteiger partial charge in [-0.1, -0.05) is 48.5 Å². The van der Waals surface area contributed by atoms with Crippen molar-refractivity contribution >= 4 is 34.4 Å². The van der Waals surface area contributed by atoms with Gasteiger partial charge in [0.25, 0.3) is 5.91 Å². The molecule has 2 atom stereocenters. The van der Waals surface area contributed by atoms with E-state index >= 15 is 0 Å². The van der Waals surface area contributed by atoms with Gasteiger partial charge in [-0.05, 0) is 60.7 Å². The van der Waals surface area contributed by atoms with Crippen molar-refractivity contribution in [2.24, 2.45) is 0 Å². The number of carboxylic acids is 1. The molecule has 1 aliphatic heterocycles.